The van der Waals surface area contributed by atoms with E-state index in [2.05, 4.69) is 5.32 Å². The minimum Gasteiger partial charge on any atom is -0.506 e. The first-order valence-corrected chi connectivity index (χ1v) is 6.31. The van der Waals surface area contributed by atoms with Crippen LogP contribution in [0.1, 0.15) is 15.9 Å². The van der Waals surface area contributed by atoms with Gasteiger partial charge in [0.1, 0.15) is 5.75 Å². The van der Waals surface area contributed by atoms with Crippen molar-refractivity contribution in [3.8, 4) is 5.75 Å². The molecule has 1 amide bonds. The molecule has 0 saturated carbocycles. The summed E-state index contributed by atoms with van der Waals surface area (Å²) < 4.78 is 0. The first-order valence-electron chi connectivity index (χ1n) is 5.93. The zero-order valence-electron chi connectivity index (χ0n) is 11.0. The SMILES string of the molecule is Cc1ccc(NC(=O)c2cc([N+](=O)[O-])cc(Cl)c2O)cc1. The summed E-state index contributed by atoms with van der Waals surface area (Å²) in [6.07, 6.45) is 0. The summed E-state index contributed by atoms with van der Waals surface area (Å²) >= 11 is 5.70. The minimum absolute atomic E-state index is 0.252. The van der Waals surface area contributed by atoms with E-state index >= 15 is 0 Å². The normalized spacial score (nSPS) is 10.2. The summed E-state index contributed by atoms with van der Waals surface area (Å²) in [5.74, 6) is -1.17. The molecule has 2 N–H and O–H groups in total. The van der Waals surface area contributed by atoms with E-state index in [1.165, 1.54) is 0 Å². The second kappa shape index (κ2) is 5.80. The van der Waals surface area contributed by atoms with Crippen molar-refractivity contribution in [2.45, 2.75) is 6.92 Å². The number of aromatic hydroxyl groups is 1. The Balaban J connectivity index is 2.34. The van der Waals surface area contributed by atoms with Crippen molar-refractivity contribution >= 4 is 28.9 Å². The Kier molecular flexibility index (Phi) is 4.09. The number of nitrogens with zero attached hydrogens (tertiary/aromatic N) is 1. The van der Waals surface area contributed by atoms with E-state index < -0.39 is 16.6 Å². The highest BCUT2D eigenvalue weighted by Crippen LogP contribution is 2.32. The Labute approximate surface area is 125 Å². The van der Waals surface area contributed by atoms with E-state index in [0.29, 0.717) is 5.69 Å². The van der Waals surface area contributed by atoms with E-state index in [0.717, 1.165) is 17.7 Å². The number of hydrogen-bond donors (Lipinski definition) is 2. The maximum atomic E-state index is 12.1. The number of nitrogens with one attached hydrogen (secondary N) is 1. The molecular formula is C14H11ClN2O4. The van der Waals surface area contributed by atoms with Gasteiger partial charge in [-0.25, -0.2) is 0 Å². The van der Waals surface area contributed by atoms with Gasteiger partial charge in [-0.1, -0.05) is 29.3 Å². The molecule has 2 aromatic carbocycles. The molecule has 7 heteroatoms. The number of carbonyl (C=O) groups excluding carboxylic acids is 1. The Bertz CT molecular complexity index is 714. The summed E-state index contributed by atoms with van der Waals surface area (Å²) in [6.45, 7) is 1.90. The van der Waals surface area contributed by atoms with Gasteiger partial charge in [0, 0.05) is 17.8 Å². The van der Waals surface area contributed by atoms with Crippen molar-refractivity contribution in [3.05, 3.63) is 62.7 Å². The number of aryl methyl sites for hydroxylation is 1. The predicted molar refractivity (Wildman–Crippen MR) is 78.9 cm³/mol. The zero-order valence-corrected chi connectivity index (χ0v) is 11.7. The van der Waals surface area contributed by atoms with Gasteiger partial charge in [-0.2, -0.15) is 0 Å². The van der Waals surface area contributed by atoms with Crippen molar-refractivity contribution in [2.24, 2.45) is 0 Å². The van der Waals surface area contributed by atoms with Crippen molar-refractivity contribution < 1.29 is 14.8 Å². The maximum Gasteiger partial charge on any atom is 0.271 e. The highest BCUT2D eigenvalue weighted by Gasteiger charge is 2.20. The number of anilines is 1. The lowest BCUT2D eigenvalue weighted by atomic mass is 10.1. The second-order valence-corrected chi connectivity index (χ2v) is 4.81. The van der Waals surface area contributed by atoms with Crippen molar-refractivity contribution in [3.63, 3.8) is 0 Å². The zero-order chi connectivity index (χ0) is 15.6. The van der Waals surface area contributed by atoms with Crippen LogP contribution in [0.2, 0.25) is 5.02 Å². The minimum atomic E-state index is -0.687. The van der Waals surface area contributed by atoms with Crippen LogP contribution in [-0.4, -0.2) is 15.9 Å². The van der Waals surface area contributed by atoms with Crippen LogP contribution in [0.4, 0.5) is 11.4 Å². The van der Waals surface area contributed by atoms with E-state index in [9.17, 15) is 20.0 Å². The van der Waals surface area contributed by atoms with E-state index in [-0.39, 0.29) is 16.3 Å². The summed E-state index contributed by atoms with van der Waals surface area (Å²) in [6, 6.07) is 8.93. The summed E-state index contributed by atoms with van der Waals surface area (Å²) in [5.41, 5.74) is 0.906. The van der Waals surface area contributed by atoms with Crippen LogP contribution in [0.3, 0.4) is 0 Å². The van der Waals surface area contributed by atoms with Gasteiger partial charge in [-0.3, -0.25) is 14.9 Å². The summed E-state index contributed by atoms with van der Waals surface area (Å²) in [5, 5.41) is 22.8. The van der Waals surface area contributed by atoms with E-state index in [1.54, 1.807) is 24.3 Å². The topological polar surface area (TPSA) is 92.5 Å². The number of nitro groups is 1. The summed E-state index contributed by atoms with van der Waals surface area (Å²) in [7, 11) is 0. The van der Waals surface area contributed by atoms with Crippen LogP contribution in [0.5, 0.6) is 5.75 Å². The molecule has 2 rings (SSSR count). The Hall–Kier alpha value is -2.60. The Morgan fingerprint density at radius 2 is 1.90 bits per heavy atom. The fourth-order valence-electron chi connectivity index (χ4n) is 1.70. The van der Waals surface area contributed by atoms with Crippen LogP contribution in [0.15, 0.2) is 36.4 Å². The second-order valence-electron chi connectivity index (χ2n) is 4.40. The smallest absolute Gasteiger partial charge is 0.271 e. The van der Waals surface area contributed by atoms with E-state index in [1.807, 2.05) is 6.92 Å². The highest BCUT2D eigenvalue weighted by molar-refractivity contribution is 6.33. The molecular weight excluding hydrogens is 296 g/mol. The van der Waals surface area contributed by atoms with Gasteiger partial charge in [0.2, 0.25) is 0 Å². The molecule has 0 aliphatic carbocycles. The number of amides is 1. The van der Waals surface area contributed by atoms with E-state index in [4.69, 9.17) is 11.6 Å². The van der Waals surface area contributed by atoms with Gasteiger partial charge >= 0.3 is 0 Å². The number of phenols is 1. The molecule has 0 aromatic heterocycles. The number of non-ortho nitro benzene ring substituents is 1. The molecule has 2 aromatic rings. The summed E-state index contributed by atoms with van der Waals surface area (Å²) in [4.78, 5) is 22.2. The number of rotatable bonds is 3. The molecule has 0 atom stereocenters. The molecule has 0 spiro atoms. The largest absolute Gasteiger partial charge is 0.506 e. The molecule has 108 valence electrons. The number of carbonyl (C=O) groups is 1. The third kappa shape index (κ3) is 3.29. The highest BCUT2D eigenvalue weighted by atomic mass is 35.5. The quantitative estimate of drug-likeness (QED) is 0.670. The molecule has 0 unspecified atom stereocenters. The van der Waals surface area contributed by atoms with Gasteiger partial charge in [0.25, 0.3) is 11.6 Å². The van der Waals surface area contributed by atoms with Gasteiger partial charge in [-0.15, -0.1) is 0 Å². The van der Waals surface area contributed by atoms with Gasteiger partial charge < -0.3 is 10.4 Å². The molecule has 0 heterocycles. The fourth-order valence-corrected chi connectivity index (χ4v) is 1.91. The Morgan fingerprint density at radius 3 is 2.48 bits per heavy atom. The molecule has 0 fully saturated rings. The van der Waals surface area contributed by atoms with Crippen LogP contribution >= 0.6 is 11.6 Å². The van der Waals surface area contributed by atoms with Gasteiger partial charge in [0.05, 0.1) is 15.5 Å². The average molecular weight is 307 g/mol. The lowest BCUT2D eigenvalue weighted by Gasteiger charge is -2.08. The number of halogens is 1. The molecule has 0 radical (unpaired) electrons. The van der Waals surface area contributed by atoms with Crippen LogP contribution in [0.25, 0.3) is 0 Å². The molecule has 21 heavy (non-hydrogen) atoms. The predicted octanol–water partition coefficient (Wildman–Crippen LogP) is 3.51. The van der Waals surface area contributed by atoms with Crippen molar-refractivity contribution in [1.82, 2.24) is 0 Å². The van der Waals surface area contributed by atoms with Crippen molar-refractivity contribution in [1.29, 1.82) is 0 Å². The van der Waals surface area contributed by atoms with Crippen LogP contribution in [0, 0.1) is 17.0 Å². The number of benzene rings is 2. The monoisotopic (exact) mass is 306 g/mol. The van der Waals surface area contributed by atoms with Gasteiger partial charge in [0.15, 0.2) is 0 Å². The number of phenolic OH excluding ortho intramolecular Hbond substituents is 1. The third-order valence-electron chi connectivity index (χ3n) is 2.81. The van der Waals surface area contributed by atoms with Crippen LogP contribution < -0.4 is 5.32 Å². The molecule has 0 bridgehead atoms. The lowest BCUT2D eigenvalue weighted by molar-refractivity contribution is -0.384. The van der Waals surface area contributed by atoms with Gasteiger partial charge in [-0.05, 0) is 19.1 Å². The number of nitro benzene ring substituents is 1. The van der Waals surface area contributed by atoms with Crippen molar-refractivity contribution in [2.75, 3.05) is 5.32 Å². The van der Waals surface area contributed by atoms with Crippen LogP contribution in [-0.2, 0) is 0 Å². The molecule has 0 saturated heterocycles. The number of hydrogen-bond acceptors (Lipinski definition) is 4. The molecule has 0 aliphatic heterocycles. The fraction of sp³-hybridized carbons (Fsp3) is 0.0714. The molecule has 6 nitrogen and oxygen atoms in total. The average Bonchev–Trinajstić information content (AvgIpc) is 2.43. The maximum absolute atomic E-state index is 12.1. The Morgan fingerprint density at radius 1 is 1.29 bits per heavy atom. The third-order valence-corrected chi connectivity index (χ3v) is 3.10. The first kappa shape index (κ1) is 14.8. The lowest BCUT2D eigenvalue weighted by Crippen LogP contribution is -2.12. The first-order chi connectivity index (χ1) is 9.88. The molecule has 0 aliphatic rings. The standard InChI is InChI=1S/C14H11ClN2O4/c1-8-2-4-9(5-3-8)16-14(19)11-6-10(17(20)21)7-12(15)13(11)18/h2-7,18H,1H3,(H,16,19).